The van der Waals surface area contributed by atoms with Crippen molar-refractivity contribution in [2.24, 2.45) is 5.92 Å². The Balaban J connectivity index is 2.82. The minimum Gasteiger partial charge on any atom is -0.458 e. The van der Waals surface area contributed by atoms with Crippen LogP contribution in [-0.2, 0) is 9.53 Å². The monoisotopic (exact) mass is 220 g/mol. The fourth-order valence-corrected chi connectivity index (χ4v) is 1.66. The first-order valence-electron chi connectivity index (χ1n) is 5.73. The Hall–Kier alpha value is -1.31. The number of aryl methyl sites for hydroxylation is 1. The first-order valence-corrected chi connectivity index (χ1v) is 5.73. The molecule has 1 atom stereocenters. The zero-order chi connectivity index (χ0) is 12.1. The molecule has 0 aliphatic heterocycles. The van der Waals surface area contributed by atoms with Crippen molar-refractivity contribution in [1.29, 1.82) is 0 Å². The Bertz CT molecular complexity index is 338. The highest BCUT2D eigenvalue weighted by Crippen LogP contribution is 2.25. The lowest BCUT2D eigenvalue weighted by atomic mass is 9.98. The molecule has 0 aliphatic rings. The van der Waals surface area contributed by atoms with Crippen LogP contribution >= 0.6 is 0 Å². The predicted molar refractivity (Wildman–Crippen MR) is 65.1 cm³/mol. The van der Waals surface area contributed by atoms with Gasteiger partial charge in [0.2, 0.25) is 0 Å². The summed E-state index contributed by atoms with van der Waals surface area (Å²) in [5.41, 5.74) is 2.30. The van der Waals surface area contributed by atoms with E-state index < -0.39 is 0 Å². The maximum atomic E-state index is 11.1. The highest BCUT2D eigenvalue weighted by molar-refractivity contribution is 5.66. The normalized spacial score (nSPS) is 12.6. The van der Waals surface area contributed by atoms with Crippen molar-refractivity contribution in [3.63, 3.8) is 0 Å². The molecular formula is C14H20O2. The van der Waals surface area contributed by atoms with Crippen molar-refractivity contribution in [1.82, 2.24) is 0 Å². The van der Waals surface area contributed by atoms with Gasteiger partial charge in [0, 0.05) is 6.92 Å². The minimum atomic E-state index is -0.216. The topological polar surface area (TPSA) is 26.3 Å². The summed E-state index contributed by atoms with van der Waals surface area (Å²) in [4.78, 5) is 11.1. The summed E-state index contributed by atoms with van der Waals surface area (Å²) in [6.45, 7) is 7.77. The van der Waals surface area contributed by atoms with Crippen LogP contribution < -0.4 is 0 Å². The van der Waals surface area contributed by atoms with E-state index in [-0.39, 0.29) is 12.1 Å². The van der Waals surface area contributed by atoms with E-state index in [1.165, 1.54) is 12.5 Å². The van der Waals surface area contributed by atoms with Gasteiger partial charge in [-0.2, -0.15) is 0 Å². The maximum absolute atomic E-state index is 11.1. The molecule has 0 aromatic heterocycles. The summed E-state index contributed by atoms with van der Waals surface area (Å²) in [5.74, 6) is 0.289. The number of hydrogen-bond acceptors (Lipinski definition) is 2. The van der Waals surface area contributed by atoms with Gasteiger partial charge in [0.25, 0.3) is 0 Å². The molecule has 0 N–H and O–H groups in total. The molecule has 0 saturated heterocycles. The van der Waals surface area contributed by atoms with Crippen LogP contribution in [0.3, 0.4) is 0 Å². The first kappa shape index (κ1) is 12.8. The average molecular weight is 220 g/mol. The molecule has 0 heterocycles. The third kappa shape index (κ3) is 4.05. The summed E-state index contributed by atoms with van der Waals surface area (Å²) < 4.78 is 5.35. The van der Waals surface area contributed by atoms with Gasteiger partial charge < -0.3 is 4.74 Å². The second-order valence-corrected chi connectivity index (χ2v) is 4.64. The van der Waals surface area contributed by atoms with Gasteiger partial charge >= 0.3 is 5.97 Å². The number of rotatable bonds is 4. The summed E-state index contributed by atoms with van der Waals surface area (Å²) in [5, 5.41) is 0. The number of carbonyl (C=O) groups is 1. The Morgan fingerprint density at radius 3 is 2.25 bits per heavy atom. The fraction of sp³-hybridized carbons (Fsp3) is 0.500. The molecule has 0 saturated carbocycles. The number of benzene rings is 1. The predicted octanol–water partition coefficient (Wildman–Crippen LogP) is 3.65. The lowest BCUT2D eigenvalue weighted by Crippen LogP contribution is -2.11. The van der Waals surface area contributed by atoms with Crippen LogP contribution in [0.4, 0.5) is 0 Å². The van der Waals surface area contributed by atoms with Crippen LogP contribution in [0.25, 0.3) is 0 Å². The first-order chi connectivity index (χ1) is 7.49. The van der Waals surface area contributed by atoms with Gasteiger partial charge in [0.1, 0.15) is 6.10 Å². The molecule has 0 fully saturated rings. The molecule has 1 rings (SSSR count). The fourth-order valence-electron chi connectivity index (χ4n) is 1.66. The van der Waals surface area contributed by atoms with Crippen molar-refractivity contribution < 1.29 is 9.53 Å². The van der Waals surface area contributed by atoms with Gasteiger partial charge in [-0.05, 0) is 24.8 Å². The zero-order valence-electron chi connectivity index (χ0n) is 10.5. The van der Waals surface area contributed by atoms with Gasteiger partial charge in [-0.1, -0.05) is 43.7 Å². The van der Waals surface area contributed by atoms with Crippen LogP contribution in [0.1, 0.15) is 44.4 Å². The number of esters is 1. The van der Waals surface area contributed by atoms with Gasteiger partial charge in [-0.15, -0.1) is 0 Å². The van der Waals surface area contributed by atoms with E-state index in [1.54, 1.807) is 0 Å². The van der Waals surface area contributed by atoms with Crippen LogP contribution in [0.15, 0.2) is 24.3 Å². The molecule has 2 heteroatoms. The molecule has 0 spiro atoms. The van der Waals surface area contributed by atoms with Gasteiger partial charge in [-0.25, -0.2) is 0 Å². The van der Waals surface area contributed by atoms with E-state index >= 15 is 0 Å². The quantitative estimate of drug-likeness (QED) is 0.724. The number of carbonyl (C=O) groups excluding carboxylic acids is 1. The van der Waals surface area contributed by atoms with Crippen molar-refractivity contribution in [2.45, 2.75) is 40.2 Å². The molecule has 16 heavy (non-hydrogen) atoms. The molecule has 0 aliphatic carbocycles. The highest BCUT2D eigenvalue weighted by Gasteiger charge is 2.16. The molecule has 0 radical (unpaired) electrons. The Morgan fingerprint density at radius 1 is 1.25 bits per heavy atom. The molecule has 0 bridgehead atoms. The Kier molecular flexibility index (Phi) is 4.53. The van der Waals surface area contributed by atoms with Crippen LogP contribution in [0.5, 0.6) is 0 Å². The zero-order valence-corrected chi connectivity index (χ0v) is 10.5. The Morgan fingerprint density at radius 2 is 1.81 bits per heavy atom. The van der Waals surface area contributed by atoms with E-state index in [0.717, 1.165) is 12.0 Å². The van der Waals surface area contributed by atoms with Crippen LogP contribution in [0, 0.1) is 12.8 Å². The summed E-state index contributed by atoms with van der Waals surface area (Å²) in [6.07, 6.45) is 0.751. The molecular weight excluding hydrogens is 200 g/mol. The van der Waals surface area contributed by atoms with Gasteiger partial charge in [0.05, 0.1) is 0 Å². The second-order valence-electron chi connectivity index (χ2n) is 4.64. The van der Waals surface area contributed by atoms with Crippen molar-refractivity contribution in [3.05, 3.63) is 35.4 Å². The maximum Gasteiger partial charge on any atom is 0.303 e. The van der Waals surface area contributed by atoms with Crippen LogP contribution in [0.2, 0.25) is 0 Å². The minimum absolute atomic E-state index is 0.113. The van der Waals surface area contributed by atoms with E-state index in [9.17, 15) is 4.79 Å². The second kappa shape index (κ2) is 5.69. The molecule has 88 valence electrons. The lowest BCUT2D eigenvalue weighted by Gasteiger charge is -2.19. The third-order valence-corrected chi connectivity index (χ3v) is 2.44. The standard InChI is InChI=1S/C14H20O2/c1-10(2)9-14(16-12(4)15)13-7-5-11(3)6-8-13/h5-8,10,14H,9H2,1-4H3. The molecule has 1 unspecified atom stereocenters. The summed E-state index contributed by atoms with van der Waals surface area (Å²) in [6, 6.07) is 8.16. The van der Waals surface area contributed by atoms with Crippen molar-refractivity contribution in [3.8, 4) is 0 Å². The molecule has 1 aromatic carbocycles. The number of ether oxygens (including phenoxy) is 1. The molecule has 0 amide bonds. The van der Waals surface area contributed by atoms with Gasteiger partial charge in [0.15, 0.2) is 0 Å². The molecule has 2 nitrogen and oxygen atoms in total. The van der Waals surface area contributed by atoms with Gasteiger partial charge in [-0.3, -0.25) is 4.79 Å². The van der Waals surface area contributed by atoms with E-state index in [4.69, 9.17) is 4.74 Å². The van der Waals surface area contributed by atoms with E-state index in [1.807, 2.05) is 31.2 Å². The smallest absolute Gasteiger partial charge is 0.303 e. The third-order valence-electron chi connectivity index (χ3n) is 2.44. The van der Waals surface area contributed by atoms with E-state index in [2.05, 4.69) is 13.8 Å². The van der Waals surface area contributed by atoms with Crippen molar-refractivity contribution >= 4 is 5.97 Å². The summed E-state index contributed by atoms with van der Waals surface area (Å²) in [7, 11) is 0. The highest BCUT2D eigenvalue weighted by atomic mass is 16.5. The number of hydrogen-bond donors (Lipinski definition) is 0. The lowest BCUT2D eigenvalue weighted by molar-refractivity contribution is -0.147. The van der Waals surface area contributed by atoms with Crippen LogP contribution in [-0.4, -0.2) is 5.97 Å². The Labute approximate surface area is 97.6 Å². The van der Waals surface area contributed by atoms with E-state index in [0.29, 0.717) is 5.92 Å². The average Bonchev–Trinajstić information content (AvgIpc) is 2.16. The summed E-state index contributed by atoms with van der Waals surface area (Å²) >= 11 is 0. The molecule has 1 aromatic rings. The van der Waals surface area contributed by atoms with Crippen molar-refractivity contribution in [2.75, 3.05) is 0 Å². The largest absolute Gasteiger partial charge is 0.458 e. The SMILES string of the molecule is CC(=O)OC(CC(C)C)c1ccc(C)cc1.